The average Bonchev–Trinajstić information content (AvgIpc) is 2.76. The summed E-state index contributed by atoms with van der Waals surface area (Å²) in [5.41, 5.74) is 6.98. The van der Waals surface area contributed by atoms with Crippen molar-refractivity contribution < 1.29 is 4.79 Å². The van der Waals surface area contributed by atoms with Gasteiger partial charge in [-0.1, -0.05) is 0 Å². The Hall–Kier alpha value is -2.16. The summed E-state index contributed by atoms with van der Waals surface area (Å²) in [6.07, 6.45) is 0.668. The summed E-state index contributed by atoms with van der Waals surface area (Å²) in [4.78, 5) is 13.4. The van der Waals surface area contributed by atoms with Gasteiger partial charge in [-0.05, 0) is 32.8 Å². The van der Waals surface area contributed by atoms with Crippen LogP contribution in [0, 0.1) is 30.6 Å². The van der Waals surface area contributed by atoms with Gasteiger partial charge in [-0.15, -0.1) is 5.10 Å². The van der Waals surface area contributed by atoms with E-state index >= 15 is 0 Å². The third kappa shape index (κ3) is 2.12. The molecule has 0 radical (unpaired) electrons. The van der Waals surface area contributed by atoms with Crippen molar-refractivity contribution in [3.05, 3.63) is 16.8 Å². The number of carbonyl (C=O) groups excluding carboxylic acids is 1. The van der Waals surface area contributed by atoms with Gasteiger partial charge in [0.05, 0.1) is 11.1 Å². The molecule has 1 aliphatic rings. The molecule has 0 bridgehead atoms. The lowest BCUT2D eigenvalue weighted by Crippen LogP contribution is -2.37. The summed E-state index contributed by atoms with van der Waals surface area (Å²) in [5, 5.41) is 17.5. The number of amides is 1. The number of carbonyl (C=O) groups is 1. The summed E-state index contributed by atoms with van der Waals surface area (Å²) in [7, 11) is 0. The zero-order chi connectivity index (χ0) is 14.2. The number of aromatic nitrogens is 2. The van der Waals surface area contributed by atoms with E-state index in [1.807, 2.05) is 25.7 Å². The van der Waals surface area contributed by atoms with Crippen molar-refractivity contribution in [3.63, 3.8) is 0 Å². The van der Waals surface area contributed by atoms with Crippen LogP contribution >= 0.6 is 0 Å². The second kappa shape index (κ2) is 4.50. The summed E-state index contributed by atoms with van der Waals surface area (Å²) in [6.45, 7) is 6.66. The Morgan fingerprint density at radius 2 is 2.16 bits per heavy atom. The van der Waals surface area contributed by atoms with Crippen molar-refractivity contribution in [1.29, 1.82) is 5.26 Å². The number of hydrogen-bond donors (Lipinski definition) is 1. The van der Waals surface area contributed by atoms with Crippen LogP contribution in [0.15, 0.2) is 0 Å². The van der Waals surface area contributed by atoms with E-state index in [4.69, 9.17) is 5.73 Å². The summed E-state index contributed by atoms with van der Waals surface area (Å²) in [5.74, 6) is 0.237. The molecule has 2 heterocycles. The SMILES string of the molecule is Cc1nnc(N2CCC(C)(C(N)=O)C2)c(C#N)c1C. The van der Waals surface area contributed by atoms with Crippen molar-refractivity contribution in [3.8, 4) is 6.07 Å². The number of hydrogen-bond acceptors (Lipinski definition) is 5. The fourth-order valence-corrected chi connectivity index (χ4v) is 2.29. The standard InChI is InChI=1S/C13H17N5O/c1-8-9(2)16-17-11(10(8)6-14)18-5-4-13(3,7-18)12(15)19/h4-5,7H2,1-3H3,(H2,15,19). The number of anilines is 1. The maximum Gasteiger partial charge on any atom is 0.225 e. The normalized spacial score (nSPS) is 22.3. The molecular weight excluding hydrogens is 242 g/mol. The summed E-state index contributed by atoms with van der Waals surface area (Å²) < 4.78 is 0. The first-order valence-electron chi connectivity index (χ1n) is 6.18. The molecule has 6 heteroatoms. The van der Waals surface area contributed by atoms with Crippen molar-refractivity contribution in [2.24, 2.45) is 11.1 Å². The van der Waals surface area contributed by atoms with Crippen LogP contribution in [0.2, 0.25) is 0 Å². The van der Waals surface area contributed by atoms with Crippen LogP contribution in [0.25, 0.3) is 0 Å². The summed E-state index contributed by atoms with van der Waals surface area (Å²) >= 11 is 0. The topological polar surface area (TPSA) is 95.9 Å². The number of rotatable bonds is 2. The molecule has 6 nitrogen and oxygen atoms in total. The predicted octanol–water partition coefficient (Wildman–Crippen LogP) is 0.667. The molecule has 1 saturated heterocycles. The third-order valence-corrected chi connectivity index (χ3v) is 3.92. The molecule has 1 amide bonds. The Balaban J connectivity index is 2.38. The van der Waals surface area contributed by atoms with E-state index in [2.05, 4.69) is 16.3 Å². The minimum atomic E-state index is -0.562. The molecule has 0 spiro atoms. The molecule has 19 heavy (non-hydrogen) atoms. The van der Waals surface area contributed by atoms with E-state index in [1.165, 1.54) is 0 Å². The molecule has 1 aliphatic heterocycles. The van der Waals surface area contributed by atoms with E-state index in [9.17, 15) is 10.1 Å². The molecule has 0 aromatic carbocycles. The smallest absolute Gasteiger partial charge is 0.225 e. The molecule has 0 saturated carbocycles. The third-order valence-electron chi connectivity index (χ3n) is 3.92. The minimum Gasteiger partial charge on any atom is -0.369 e. The van der Waals surface area contributed by atoms with Crippen LogP contribution in [-0.2, 0) is 4.79 Å². The van der Waals surface area contributed by atoms with Crippen LogP contribution in [0.5, 0.6) is 0 Å². The average molecular weight is 259 g/mol. The van der Waals surface area contributed by atoms with Crippen molar-refractivity contribution >= 4 is 11.7 Å². The zero-order valence-corrected chi connectivity index (χ0v) is 11.4. The van der Waals surface area contributed by atoms with Gasteiger partial charge in [-0.2, -0.15) is 10.4 Å². The Bertz CT molecular complexity index is 577. The largest absolute Gasteiger partial charge is 0.369 e. The van der Waals surface area contributed by atoms with Crippen LogP contribution < -0.4 is 10.6 Å². The van der Waals surface area contributed by atoms with Gasteiger partial charge in [-0.25, -0.2) is 0 Å². The first-order chi connectivity index (χ1) is 8.89. The van der Waals surface area contributed by atoms with Gasteiger partial charge in [0.2, 0.25) is 5.91 Å². The molecule has 1 unspecified atom stereocenters. The maximum absolute atomic E-state index is 11.5. The summed E-state index contributed by atoms with van der Waals surface area (Å²) in [6, 6.07) is 2.18. The Morgan fingerprint density at radius 1 is 1.47 bits per heavy atom. The van der Waals surface area contributed by atoms with Crippen molar-refractivity contribution in [2.75, 3.05) is 18.0 Å². The molecule has 100 valence electrons. The number of aryl methyl sites for hydroxylation is 1. The predicted molar refractivity (Wildman–Crippen MR) is 70.4 cm³/mol. The molecule has 1 atom stereocenters. The molecular formula is C13H17N5O. The van der Waals surface area contributed by atoms with Gasteiger partial charge in [0.25, 0.3) is 0 Å². The Morgan fingerprint density at radius 3 is 2.68 bits per heavy atom. The highest BCUT2D eigenvalue weighted by Crippen LogP contribution is 2.33. The van der Waals surface area contributed by atoms with E-state index in [0.29, 0.717) is 30.9 Å². The van der Waals surface area contributed by atoms with E-state index in [1.54, 1.807) is 0 Å². The molecule has 2 rings (SSSR count). The van der Waals surface area contributed by atoms with Crippen LogP contribution in [0.4, 0.5) is 5.82 Å². The Kier molecular flexibility index (Phi) is 3.14. The molecule has 0 aliphatic carbocycles. The van der Waals surface area contributed by atoms with Crippen molar-refractivity contribution in [2.45, 2.75) is 27.2 Å². The van der Waals surface area contributed by atoms with Crippen molar-refractivity contribution in [1.82, 2.24) is 10.2 Å². The Labute approximate surface area is 112 Å². The lowest BCUT2D eigenvalue weighted by molar-refractivity contribution is -0.125. The van der Waals surface area contributed by atoms with Gasteiger partial charge in [0, 0.05) is 13.1 Å². The first kappa shape index (κ1) is 13.3. The molecule has 1 aromatic heterocycles. The van der Waals surface area contributed by atoms with Gasteiger partial charge >= 0.3 is 0 Å². The fraction of sp³-hybridized carbons (Fsp3) is 0.538. The van der Waals surface area contributed by atoms with Gasteiger partial charge < -0.3 is 10.6 Å². The highest BCUT2D eigenvalue weighted by atomic mass is 16.1. The van der Waals surface area contributed by atoms with E-state index < -0.39 is 5.41 Å². The van der Waals surface area contributed by atoms with Crippen LogP contribution in [-0.4, -0.2) is 29.2 Å². The lowest BCUT2D eigenvalue weighted by Gasteiger charge is -2.22. The second-order valence-electron chi connectivity index (χ2n) is 5.32. The number of nitriles is 1. The number of primary amides is 1. The fourth-order valence-electron chi connectivity index (χ4n) is 2.29. The molecule has 2 N–H and O–H groups in total. The first-order valence-corrected chi connectivity index (χ1v) is 6.18. The van der Waals surface area contributed by atoms with Crippen LogP contribution in [0.3, 0.4) is 0 Å². The van der Waals surface area contributed by atoms with E-state index in [-0.39, 0.29) is 5.91 Å². The zero-order valence-electron chi connectivity index (χ0n) is 11.4. The molecule has 1 aromatic rings. The molecule has 1 fully saturated rings. The maximum atomic E-state index is 11.5. The minimum absolute atomic E-state index is 0.315. The van der Waals surface area contributed by atoms with Gasteiger partial charge in [-0.3, -0.25) is 4.79 Å². The second-order valence-corrected chi connectivity index (χ2v) is 5.32. The number of nitrogens with two attached hydrogens (primary N) is 1. The highest BCUT2D eigenvalue weighted by molar-refractivity contribution is 5.82. The number of nitrogens with zero attached hydrogens (tertiary/aromatic N) is 4. The van der Waals surface area contributed by atoms with Gasteiger partial charge in [0.15, 0.2) is 5.82 Å². The van der Waals surface area contributed by atoms with E-state index in [0.717, 1.165) is 11.3 Å². The van der Waals surface area contributed by atoms with Gasteiger partial charge in [0.1, 0.15) is 11.6 Å². The monoisotopic (exact) mass is 259 g/mol. The highest BCUT2D eigenvalue weighted by Gasteiger charge is 2.40. The lowest BCUT2D eigenvalue weighted by atomic mass is 9.89. The van der Waals surface area contributed by atoms with Crippen LogP contribution in [0.1, 0.15) is 30.2 Å². The quantitative estimate of drug-likeness (QED) is 0.842.